The fourth-order valence-electron chi connectivity index (χ4n) is 8.90. The molecule has 0 radical (unpaired) electrons. The average Bonchev–Trinajstić information content (AvgIpc) is 3.84. The minimum Gasteiger partial charge on any atom is -0.509 e. The number of para-hydroxylation sites is 1. The topological polar surface area (TPSA) is 33.5 Å². The van der Waals surface area contributed by atoms with Crippen molar-refractivity contribution in [2.75, 3.05) is 9.80 Å². The Bertz CT molecular complexity index is 3270. The number of hydrogen-bond acceptors (Lipinski definition) is 4. The van der Waals surface area contributed by atoms with E-state index in [0.717, 1.165) is 72.6 Å². The van der Waals surface area contributed by atoms with E-state index in [-0.39, 0.29) is 43.1 Å². The van der Waals surface area contributed by atoms with Gasteiger partial charge < -0.3 is 19.1 Å². The molecule has 0 amide bonds. The summed E-state index contributed by atoms with van der Waals surface area (Å²) in [5.41, 5.74) is 13.5. The van der Waals surface area contributed by atoms with Gasteiger partial charge >= 0.3 is 0 Å². The molecule has 0 aliphatic carbocycles. The van der Waals surface area contributed by atoms with Gasteiger partial charge in [-0.3, -0.25) is 0 Å². The van der Waals surface area contributed by atoms with Crippen LogP contribution in [0.5, 0.6) is 11.5 Å². The number of pyridine rings is 1. The number of aromatic nitrogens is 2. The third-order valence-electron chi connectivity index (χ3n) is 12.6. The van der Waals surface area contributed by atoms with Crippen LogP contribution >= 0.6 is 0 Å². The van der Waals surface area contributed by atoms with Crippen LogP contribution < -0.4 is 14.5 Å². The maximum Gasteiger partial charge on any atom is 0.135 e. The number of fused-ring (bicyclic) bond motifs is 4. The minimum absolute atomic E-state index is 0. The van der Waals surface area contributed by atoms with Gasteiger partial charge in [-0.05, 0) is 104 Å². The molecule has 1 aliphatic heterocycles. The van der Waals surface area contributed by atoms with E-state index in [1.54, 1.807) is 12.1 Å². The summed E-state index contributed by atoms with van der Waals surface area (Å²) in [6.07, 6.45) is 1.87. The molecule has 0 spiro atoms. The number of ether oxygens (including phenoxy) is 1. The van der Waals surface area contributed by atoms with Crippen molar-refractivity contribution >= 4 is 44.6 Å². The first kappa shape index (κ1) is 45.7. The van der Waals surface area contributed by atoms with E-state index in [1.807, 2.05) is 36.5 Å². The maximum absolute atomic E-state index is 14.4. The van der Waals surface area contributed by atoms with Crippen molar-refractivity contribution in [1.29, 1.82) is 0 Å². The average molecular weight is 1060 g/mol. The molecule has 7 aromatic carbocycles. The van der Waals surface area contributed by atoms with E-state index in [9.17, 15) is 4.39 Å². The summed E-state index contributed by atoms with van der Waals surface area (Å²) in [6, 6.07) is 58.7. The molecule has 0 N–H and O–H groups in total. The number of halogens is 1. The molecule has 0 fully saturated rings. The Morgan fingerprint density at radius 2 is 1.22 bits per heavy atom. The van der Waals surface area contributed by atoms with Crippen molar-refractivity contribution in [3.63, 3.8) is 0 Å². The van der Waals surface area contributed by atoms with E-state index in [2.05, 4.69) is 199 Å². The second-order valence-corrected chi connectivity index (χ2v) is 20.5. The Labute approximate surface area is 409 Å². The molecule has 1 aliphatic rings. The first-order valence-electron chi connectivity index (χ1n) is 22.7. The van der Waals surface area contributed by atoms with Crippen LogP contribution in [-0.2, 0) is 37.3 Å². The molecular weight excluding hydrogens is 1010 g/mol. The van der Waals surface area contributed by atoms with E-state index < -0.39 is 0 Å². The Hall–Kier alpha value is -6.49. The monoisotopic (exact) mass is 1060 g/mol. The number of hydrogen-bond donors (Lipinski definition) is 0. The summed E-state index contributed by atoms with van der Waals surface area (Å²) < 4.78 is 23.3. The molecule has 3 heterocycles. The number of nitrogens with zero attached hydrogens (tertiary/aromatic N) is 4. The van der Waals surface area contributed by atoms with Crippen LogP contribution in [0.2, 0.25) is 0 Å². The zero-order valence-corrected chi connectivity index (χ0v) is 41.8. The molecular formula is C60H54FN4OPt-3. The van der Waals surface area contributed by atoms with Crippen LogP contribution in [0.1, 0.15) is 79.0 Å². The summed E-state index contributed by atoms with van der Waals surface area (Å²) in [6.45, 7) is 22.5. The van der Waals surface area contributed by atoms with Gasteiger partial charge in [0.1, 0.15) is 11.6 Å². The fourth-order valence-corrected chi connectivity index (χ4v) is 8.90. The van der Waals surface area contributed by atoms with Gasteiger partial charge in [-0.15, -0.1) is 48.1 Å². The first-order valence-corrected chi connectivity index (χ1v) is 22.7. The molecule has 0 atom stereocenters. The molecule has 0 saturated heterocycles. The molecule has 2 aromatic heterocycles. The number of benzene rings is 7. The van der Waals surface area contributed by atoms with E-state index in [4.69, 9.17) is 9.72 Å². The Balaban J connectivity index is 0.00000562. The van der Waals surface area contributed by atoms with Gasteiger partial charge in [0.15, 0.2) is 0 Å². The third-order valence-corrected chi connectivity index (χ3v) is 12.6. The summed E-state index contributed by atoms with van der Waals surface area (Å²) in [5.74, 6) is 1.62. The second kappa shape index (κ2) is 17.3. The van der Waals surface area contributed by atoms with Gasteiger partial charge in [-0.25, -0.2) is 9.37 Å². The van der Waals surface area contributed by atoms with Crippen molar-refractivity contribution < 1.29 is 30.2 Å². The van der Waals surface area contributed by atoms with Crippen LogP contribution in [0.3, 0.4) is 0 Å². The molecule has 0 unspecified atom stereocenters. The van der Waals surface area contributed by atoms with Gasteiger partial charge in [0, 0.05) is 66.9 Å². The fraction of sp³-hybridized carbons (Fsp3) is 0.200. The summed E-state index contributed by atoms with van der Waals surface area (Å²) in [4.78, 5) is 9.45. The molecule has 5 nitrogen and oxygen atoms in total. The molecule has 9 aromatic rings. The van der Waals surface area contributed by atoms with Gasteiger partial charge in [-0.1, -0.05) is 141 Å². The molecule has 0 bridgehead atoms. The van der Waals surface area contributed by atoms with Crippen LogP contribution in [-0.4, -0.2) is 9.55 Å². The van der Waals surface area contributed by atoms with Crippen LogP contribution in [0.15, 0.2) is 158 Å². The van der Waals surface area contributed by atoms with Crippen molar-refractivity contribution in [3.8, 4) is 39.6 Å². The van der Waals surface area contributed by atoms with Crippen molar-refractivity contribution in [2.45, 2.75) is 78.6 Å². The molecule has 0 saturated carbocycles. The normalized spacial score (nSPS) is 13.0. The smallest absolute Gasteiger partial charge is 0.135 e. The zero-order valence-electron chi connectivity index (χ0n) is 39.5. The van der Waals surface area contributed by atoms with E-state index in [0.29, 0.717) is 11.5 Å². The summed E-state index contributed by atoms with van der Waals surface area (Å²) >= 11 is 0. The van der Waals surface area contributed by atoms with E-state index in [1.165, 1.54) is 22.8 Å². The number of anilines is 4. The van der Waals surface area contributed by atoms with E-state index >= 15 is 0 Å². The van der Waals surface area contributed by atoms with Gasteiger partial charge in [0.05, 0.1) is 0 Å². The Morgan fingerprint density at radius 1 is 0.552 bits per heavy atom. The van der Waals surface area contributed by atoms with Gasteiger partial charge in [0.2, 0.25) is 0 Å². The molecule has 10 rings (SSSR count). The zero-order chi connectivity index (χ0) is 46.1. The Kier molecular flexibility index (Phi) is 11.8. The largest absolute Gasteiger partial charge is 0.509 e. The molecule has 340 valence electrons. The van der Waals surface area contributed by atoms with Crippen molar-refractivity contribution in [2.24, 2.45) is 0 Å². The van der Waals surface area contributed by atoms with Gasteiger partial charge in [0.25, 0.3) is 0 Å². The third kappa shape index (κ3) is 8.80. The maximum atomic E-state index is 14.4. The van der Waals surface area contributed by atoms with Gasteiger partial charge in [-0.2, -0.15) is 12.1 Å². The summed E-state index contributed by atoms with van der Waals surface area (Å²) in [5, 5.41) is 2.00. The first-order chi connectivity index (χ1) is 31.5. The van der Waals surface area contributed by atoms with Crippen LogP contribution in [0, 0.1) is 24.6 Å². The van der Waals surface area contributed by atoms with Crippen LogP contribution in [0.25, 0.3) is 49.9 Å². The second-order valence-electron chi connectivity index (χ2n) is 20.5. The van der Waals surface area contributed by atoms with Crippen molar-refractivity contribution in [1.82, 2.24) is 9.55 Å². The van der Waals surface area contributed by atoms with Crippen molar-refractivity contribution in [3.05, 3.63) is 199 Å². The quantitative estimate of drug-likeness (QED) is 0.149. The predicted octanol–water partition coefficient (Wildman–Crippen LogP) is 16.3. The minimum atomic E-state index is -0.268. The number of rotatable bonds is 7. The SMILES string of the molecule is CC(C)(C)c1cc(N2[CH-]N(c3[c-]c(Oc4[c-]c5c(cc4)c4cc(-c6cccc(F)c6)ccc4n5-c4cc(C(C)(C)C)ccn4)ccc3)c3cccc(-c4ccccc4)c32)cc(C(C)(C)C)c1.[Pt]. The van der Waals surface area contributed by atoms with Crippen LogP contribution in [0.4, 0.5) is 27.1 Å². The predicted molar refractivity (Wildman–Crippen MR) is 271 cm³/mol. The standard InChI is InChI=1S/C60H54FN4O.Pt/c1-58(2,3)42-28-29-62-56(35-42)65-53-27-24-41(40-18-13-19-45(61)30-40)31-52(53)51-26-25-49(37-55(51)65)66-48-21-14-20-46(36-48)63-38-64(47-33-43(59(4,5)6)32-44(34-47)60(7,8)9)57-50(22-15-23-54(57)63)39-16-11-10-12-17-39;/h10-35,38H,1-9H3;/q-3;. The molecule has 67 heavy (non-hydrogen) atoms. The summed E-state index contributed by atoms with van der Waals surface area (Å²) in [7, 11) is 0. The Morgan fingerprint density at radius 3 is 1.94 bits per heavy atom. The molecule has 7 heteroatoms.